The fourth-order valence-electron chi connectivity index (χ4n) is 2.14. The number of anilines is 1. The number of rotatable bonds is 8. The first-order valence-corrected chi connectivity index (χ1v) is 8.72. The van der Waals surface area contributed by atoms with E-state index in [4.69, 9.17) is 4.74 Å². The number of aliphatic hydroxyl groups is 1. The quantitative estimate of drug-likeness (QED) is 0.770. The van der Waals surface area contributed by atoms with Gasteiger partial charge in [0.2, 0.25) is 5.13 Å². The van der Waals surface area contributed by atoms with Crippen LogP contribution >= 0.6 is 11.5 Å². The molecule has 0 aliphatic rings. The number of nitrogens with one attached hydrogen (secondary N) is 1. The Morgan fingerprint density at radius 3 is 2.74 bits per heavy atom. The van der Waals surface area contributed by atoms with Crippen molar-refractivity contribution in [2.75, 3.05) is 11.9 Å². The van der Waals surface area contributed by atoms with E-state index in [1.165, 1.54) is 11.5 Å². The maximum atomic E-state index is 10.3. The van der Waals surface area contributed by atoms with Crippen LogP contribution in [-0.2, 0) is 6.42 Å². The van der Waals surface area contributed by atoms with E-state index in [0.717, 1.165) is 28.7 Å². The summed E-state index contributed by atoms with van der Waals surface area (Å²) in [5, 5.41) is 14.2. The van der Waals surface area contributed by atoms with Crippen LogP contribution in [0.15, 0.2) is 24.3 Å². The molecule has 2 rings (SSSR count). The van der Waals surface area contributed by atoms with Gasteiger partial charge in [-0.25, -0.2) is 4.98 Å². The smallest absolute Gasteiger partial charge is 0.202 e. The summed E-state index contributed by atoms with van der Waals surface area (Å²) in [5.74, 6) is 2.16. The van der Waals surface area contributed by atoms with Crippen LogP contribution in [0.25, 0.3) is 0 Å². The highest BCUT2D eigenvalue weighted by molar-refractivity contribution is 7.09. The topological polar surface area (TPSA) is 67.3 Å². The number of hydrogen-bond acceptors (Lipinski definition) is 6. The van der Waals surface area contributed by atoms with Gasteiger partial charge in [0.05, 0.1) is 12.2 Å². The van der Waals surface area contributed by atoms with Crippen LogP contribution < -0.4 is 10.1 Å². The van der Waals surface area contributed by atoms with Crippen molar-refractivity contribution in [1.82, 2.24) is 9.36 Å². The predicted octanol–water partition coefficient (Wildman–Crippen LogP) is 3.67. The molecule has 0 aliphatic heterocycles. The van der Waals surface area contributed by atoms with E-state index in [9.17, 15) is 5.11 Å². The lowest BCUT2D eigenvalue weighted by molar-refractivity contribution is 0.190. The summed E-state index contributed by atoms with van der Waals surface area (Å²) in [7, 11) is 0. The third kappa shape index (κ3) is 5.80. The molecule has 1 aromatic carbocycles. The molecule has 0 bridgehead atoms. The third-order valence-corrected chi connectivity index (χ3v) is 3.83. The molecular weight excluding hydrogens is 310 g/mol. The Kier molecular flexibility index (Phi) is 6.36. The second kappa shape index (κ2) is 8.26. The molecule has 2 N–H and O–H groups in total. The van der Waals surface area contributed by atoms with Crippen molar-refractivity contribution in [3.63, 3.8) is 0 Å². The van der Waals surface area contributed by atoms with Gasteiger partial charge in [-0.05, 0) is 37.5 Å². The standard InChI is InChI=1S/C17H25N3O2S/c1-11(2)8-16-19-17(23-20-16)18-10-15(21)13-6-5-7-14(9-13)22-12(3)4/h5-7,9,11-12,15,21H,8,10H2,1-4H3,(H,18,19,20)/t15-/m0/s1. The lowest BCUT2D eigenvalue weighted by Gasteiger charge is -2.14. The van der Waals surface area contributed by atoms with Crippen molar-refractivity contribution in [1.29, 1.82) is 0 Å². The van der Waals surface area contributed by atoms with E-state index in [1.807, 2.05) is 38.1 Å². The molecule has 0 amide bonds. The number of benzene rings is 1. The summed E-state index contributed by atoms with van der Waals surface area (Å²) < 4.78 is 9.98. The van der Waals surface area contributed by atoms with Gasteiger partial charge >= 0.3 is 0 Å². The fraction of sp³-hybridized carbons (Fsp3) is 0.529. The molecule has 2 aromatic rings. The summed E-state index contributed by atoms with van der Waals surface area (Å²) in [6, 6.07) is 7.55. The van der Waals surface area contributed by atoms with Gasteiger partial charge in [-0.15, -0.1) is 0 Å². The molecule has 1 aromatic heterocycles. The molecule has 1 heterocycles. The Morgan fingerprint density at radius 1 is 1.26 bits per heavy atom. The average Bonchev–Trinajstić information content (AvgIpc) is 2.91. The molecule has 0 fully saturated rings. The van der Waals surface area contributed by atoms with Crippen LogP contribution in [0.4, 0.5) is 5.13 Å². The summed E-state index contributed by atoms with van der Waals surface area (Å²) in [4.78, 5) is 4.43. The number of nitrogens with zero attached hydrogens (tertiary/aromatic N) is 2. The van der Waals surface area contributed by atoms with Gasteiger partial charge in [-0.3, -0.25) is 0 Å². The minimum absolute atomic E-state index is 0.112. The molecule has 0 unspecified atom stereocenters. The third-order valence-electron chi connectivity index (χ3n) is 3.12. The van der Waals surface area contributed by atoms with E-state index in [1.54, 1.807) is 0 Å². The summed E-state index contributed by atoms with van der Waals surface area (Å²) >= 11 is 1.33. The van der Waals surface area contributed by atoms with Crippen molar-refractivity contribution in [3.05, 3.63) is 35.7 Å². The Labute approximate surface area is 141 Å². The van der Waals surface area contributed by atoms with Crippen molar-refractivity contribution in [2.24, 2.45) is 5.92 Å². The van der Waals surface area contributed by atoms with Crippen molar-refractivity contribution in [2.45, 2.75) is 46.3 Å². The Balaban J connectivity index is 1.91. The molecule has 23 heavy (non-hydrogen) atoms. The molecule has 0 spiro atoms. The van der Waals surface area contributed by atoms with Crippen molar-refractivity contribution in [3.8, 4) is 5.75 Å². The first-order valence-electron chi connectivity index (χ1n) is 7.95. The lowest BCUT2D eigenvalue weighted by atomic mass is 10.1. The number of aliphatic hydroxyl groups excluding tert-OH is 1. The molecule has 5 nitrogen and oxygen atoms in total. The second-order valence-electron chi connectivity index (χ2n) is 6.25. The zero-order valence-electron chi connectivity index (χ0n) is 14.1. The normalized spacial score (nSPS) is 12.7. The fourth-order valence-corrected chi connectivity index (χ4v) is 2.74. The highest BCUT2D eigenvalue weighted by atomic mass is 32.1. The average molecular weight is 335 g/mol. The Morgan fingerprint density at radius 2 is 2.04 bits per heavy atom. The molecule has 0 aliphatic carbocycles. The van der Waals surface area contributed by atoms with Crippen molar-refractivity contribution >= 4 is 16.7 Å². The zero-order valence-corrected chi connectivity index (χ0v) is 14.9. The van der Waals surface area contributed by atoms with Crippen LogP contribution in [0.3, 0.4) is 0 Å². The Bertz CT molecular complexity index is 613. The minimum Gasteiger partial charge on any atom is -0.491 e. The SMILES string of the molecule is CC(C)Cc1nsc(NC[C@H](O)c2cccc(OC(C)C)c2)n1. The number of aromatic nitrogens is 2. The zero-order chi connectivity index (χ0) is 16.8. The number of hydrogen-bond donors (Lipinski definition) is 2. The minimum atomic E-state index is -0.622. The maximum Gasteiger partial charge on any atom is 0.202 e. The lowest BCUT2D eigenvalue weighted by Crippen LogP contribution is -2.12. The van der Waals surface area contributed by atoms with Gasteiger partial charge in [0.15, 0.2) is 0 Å². The first kappa shape index (κ1) is 17.7. The van der Waals surface area contributed by atoms with Gasteiger partial charge < -0.3 is 15.2 Å². The Hall–Kier alpha value is -1.66. The van der Waals surface area contributed by atoms with E-state index < -0.39 is 6.10 Å². The van der Waals surface area contributed by atoms with Crippen LogP contribution in [0.1, 0.15) is 45.2 Å². The van der Waals surface area contributed by atoms with E-state index in [2.05, 4.69) is 28.5 Å². The van der Waals surface area contributed by atoms with Crippen LogP contribution in [-0.4, -0.2) is 27.1 Å². The highest BCUT2D eigenvalue weighted by Crippen LogP contribution is 2.21. The summed E-state index contributed by atoms with van der Waals surface area (Å²) in [6.45, 7) is 8.64. The van der Waals surface area contributed by atoms with Crippen LogP contribution in [0.2, 0.25) is 0 Å². The molecule has 126 valence electrons. The summed E-state index contributed by atoms with van der Waals surface area (Å²) in [6.07, 6.45) is 0.361. The van der Waals surface area contributed by atoms with Gasteiger partial charge in [0, 0.05) is 24.5 Å². The van der Waals surface area contributed by atoms with Gasteiger partial charge in [0.1, 0.15) is 11.6 Å². The second-order valence-corrected chi connectivity index (χ2v) is 7.00. The molecule has 0 saturated heterocycles. The van der Waals surface area contributed by atoms with E-state index in [-0.39, 0.29) is 6.10 Å². The highest BCUT2D eigenvalue weighted by Gasteiger charge is 2.11. The van der Waals surface area contributed by atoms with Gasteiger partial charge in [0.25, 0.3) is 0 Å². The maximum absolute atomic E-state index is 10.3. The molecule has 6 heteroatoms. The largest absolute Gasteiger partial charge is 0.491 e. The van der Waals surface area contributed by atoms with Crippen molar-refractivity contribution < 1.29 is 9.84 Å². The van der Waals surface area contributed by atoms with E-state index in [0.29, 0.717) is 12.5 Å². The predicted molar refractivity (Wildman–Crippen MR) is 94.1 cm³/mol. The first-order chi connectivity index (χ1) is 10.9. The van der Waals surface area contributed by atoms with Crippen LogP contribution in [0, 0.1) is 5.92 Å². The molecule has 1 atom stereocenters. The summed E-state index contributed by atoms with van der Waals surface area (Å²) in [5.41, 5.74) is 0.822. The van der Waals surface area contributed by atoms with E-state index >= 15 is 0 Å². The molecular formula is C17H25N3O2S. The van der Waals surface area contributed by atoms with Crippen LogP contribution in [0.5, 0.6) is 5.75 Å². The monoisotopic (exact) mass is 335 g/mol. The molecule has 0 saturated carbocycles. The van der Waals surface area contributed by atoms with Gasteiger partial charge in [-0.1, -0.05) is 26.0 Å². The molecule has 0 radical (unpaired) electrons. The number of ether oxygens (including phenoxy) is 1. The van der Waals surface area contributed by atoms with Gasteiger partial charge in [-0.2, -0.15) is 4.37 Å².